The van der Waals surface area contributed by atoms with Gasteiger partial charge in [0.15, 0.2) is 0 Å². The Labute approximate surface area is 72.5 Å². The highest BCUT2D eigenvalue weighted by Gasteiger charge is 2.52. The van der Waals surface area contributed by atoms with E-state index < -0.39 is 11.3 Å². The summed E-state index contributed by atoms with van der Waals surface area (Å²) in [4.78, 5) is 0. The van der Waals surface area contributed by atoms with Gasteiger partial charge in [-0.15, -0.1) is 0 Å². The molecule has 0 radical (unpaired) electrons. The van der Waals surface area contributed by atoms with Crippen LogP contribution in [-0.4, -0.2) is 19.0 Å². The van der Waals surface area contributed by atoms with Gasteiger partial charge in [0, 0.05) is 18.4 Å². The van der Waals surface area contributed by atoms with Crippen LogP contribution in [0.4, 0.5) is 8.78 Å². The molecule has 1 aliphatic rings. The molecule has 0 aromatic carbocycles. The Morgan fingerprint density at radius 1 is 1.42 bits per heavy atom. The third-order valence-electron chi connectivity index (χ3n) is 3.14. The predicted octanol–water partition coefficient (Wildman–Crippen LogP) is 2.42. The van der Waals surface area contributed by atoms with Gasteiger partial charge in [0.2, 0.25) is 0 Å². The van der Waals surface area contributed by atoms with Gasteiger partial charge in [-0.3, -0.25) is 0 Å². The molecule has 1 nitrogen and oxygen atoms in total. The van der Waals surface area contributed by atoms with Crippen LogP contribution in [0.15, 0.2) is 0 Å². The van der Waals surface area contributed by atoms with Crippen molar-refractivity contribution in [3.63, 3.8) is 0 Å². The number of alkyl halides is 2. The first-order chi connectivity index (χ1) is 5.58. The molecule has 1 fully saturated rings. The molecule has 1 atom stereocenters. The lowest BCUT2D eigenvalue weighted by atomic mass is 9.77. The van der Waals surface area contributed by atoms with Crippen molar-refractivity contribution < 1.29 is 8.78 Å². The molecule has 0 aromatic rings. The summed E-state index contributed by atoms with van der Waals surface area (Å²) in [5.74, 6) is -2.49. The van der Waals surface area contributed by atoms with E-state index in [1.807, 2.05) is 6.92 Å². The lowest BCUT2D eigenvalue weighted by Gasteiger charge is -2.35. The minimum Gasteiger partial charge on any atom is -0.316 e. The van der Waals surface area contributed by atoms with Crippen LogP contribution in [0.3, 0.4) is 0 Å². The van der Waals surface area contributed by atoms with Crippen molar-refractivity contribution in [2.45, 2.75) is 39.0 Å². The van der Waals surface area contributed by atoms with E-state index in [4.69, 9.17) is 0 Å². The van der Waals surface area contributed by atoms with E-state index in [2.05, 4.69) is 5.32 Å². The van der Waals surface area contributed by atoms with Crippen molar-refractivity contribution in [2.24, 2.45) is 5.41 Å². The summed E-state index contributed by atoms with van der Waals surface area (Å²) in [6, 6.07) is 0. The monoisotopic (exact) mass is 177 g/mol. The maximum Gasteiger partial charge on any atom is 0.254 e. The summed E-state index contributed by atoms with van der Waals surface area (Å²) in [6.45, 7) is 4.64. The zero-order valence-corrected chi connectivity index (χ0v) is 7.79. The second-order valence-electron chi connectivity index (χ2n) is 3.62. The van der Waals surface area contributed by atoms with Gasteiger partial charge >= 0.3 is 0 Å². The molecule has 0 aliphatic carbocycles. The van der Waals surface area contributed by atoms with Crippen LogP contribution >= 0.6 is 0 Å². The normalized spacial score (nSPS) is 31.0. The first kappa shape index (κ1) is 9.90. The van der Waals surface area contributed by atoms with Crippen LogP contribution in [0.5, 0.6) is 0 Å². The smallest absolute Gasteiger partial charge is 0.254 e. The van der Waals surface area contributed by atoms with Gasteiger partial charge < -0.3 is 5.32 Å². The molecular formula is C9H17F2N. The minimum atomic E-state index is -2.49. The van der Waals surface area contributed by atoms with E-state index in [-0.39, 0.29) is 6.42 Å². The zero-order chi connectivity index (χ0) is 9.24. The fourth-order valence-electron chi connectivity index (χ4n) is 1.99. The Balaban J connectivity index is 2.78. The molecule has 0 aromatic heterocycles. The molecule has 72 valence electrons. The topological polar surface area (TPSA) is 12.0 Å². The molecule has 1 unspecified atom stereocenters. The average Bonchev–Trinajstić information content (AvgIpc) is 2.53. The van der Waals surface area contributed by atoms with E-state index >= 15 is 0 Å². The summed E-state index contributed by atoms with van der Waals surface area (Å²) in [5.41, 5.74) is -0.762. The van der Waals surface area contributed by atoms with Crippen molar-refractivity contribution in [2.75, 3.05) is 13.1 Å². The van der Waals surface area contributed by atoms with Gasteiger partial charge in [0.25, 0.3) is 5.92 Å². The summed E-state index contributed by atoms with van der Waals surface area (Å²) in [5, 5.41) is 3.02. The van der Waals surface area contributed by atoms with Gasteiger partial charge in [-0.1, -0.05) is 13.8 Å². The van der Waals surface area contributed by atoms with Gasteiger partial charge in [-0.2, -0.15) is 0 Å². The van der Waals surface area contributed by atoms with E-state index in [1.165, 1.54) is 0 Å². The van der Waals surface area contributed by atoms with Crippen molar-refractivity contribution in [3.8, 4) is 0 Å². The van der Waals surface area contributed by atoms with Crippen LogP contribution in [0, 0.1) is 5.41 Å². The first-order valence-electron chi connectivity index (χ1n) is 4.66. The molecule has 1 heterocycles. The summed E-state index contributed by atoms with van der Waals surface area (Å²) >= 11 is 0. The van der Waals surface area contributed by atoms with E-state index in [9.17, 15) is 8.78 Å². The maximum atomic E-state index is 13.5. The first-order valence-corrected chi connectivity index (χ1v) is 4.66. The molecule has 0 saturated carbocycles. The largest absolute Gasteiger partial charge is 0.316 e. The highest BCUT2D eigenvalue weighted by molar-refractivity contribution is 4.96. The predicted molar refractivity (Wildman–Crippen MR) is 45.4 cm³/mol. The second-order valence-corrected chi connectivity index (χ2v) is 3.62. The highest BCUT2D eigenvalue weighted by Crippen LogP contribution is 2.46. The number of hydrogen-bond donors (Lipinski definition) is 1. The Morgan fingerprint density at radius 2 is 2.08 bits per heavy atom. The number of nitrogens with one attached hydrogen (secondary N) is 1. The van der Waals surface area contributed by atoms with Crippen LogP contribution < -0.4 is 5.32 Å². The molecule has 12 heavy (non-hydrogen) atoms. The molecule has 1 N–H and O–H groups in total. The van der Waals surface area contributed by atoms with Gasteiger partial charge in [0.05, 0.1) is 0 Å². The lowest BCUT2D eigenvalue weighted by Crippen LogP contribution is -2.42. The molecule has 0 amide bonds. The third kappa shape index (κ3) is 1.35. The quantitative estimate of drug-likeness (QED) is 0.698. The SMILES string of the molecule is CCC(F)(F)C1(CC)CCNC1. The van der Waals surface area contributed by atoms with Crippen LogP contribution in [0.25, 0.3) is 0 Å². The van der Waals surface area contributed by atoms with Crippen molar-refractivity contribution in [1.82, 2.24) is 5.32 Å². The molecule has 3 heteroatoms. The van der Waals surface area contributed by atoms with Crippen LogP contribution in [-0.2, 0) is 0 Å². The third-order valence-corrected chi connectivity index (χ3v) is 3.14. The maximum absolute atomic E-state index is 13.5. The van der Waals surface area contributed by atoms with Gasteiger partial charge in [-0.05, 0) is 19.4 Å². The molecular weight excluding hydrogens is 160 g/mol. The summed E-state index contributed by atoms with van der Waals surface area (Å²) in [7, 11) is 0. The number of halogens is 2. The Kier molecular flexibility index (Phi) is 2.71. The molecule has 0 bridgehead atoms. The summed E-state index contributed by atoms with van der Waals surface area (Å²) < 4.78 is 26.9. The van der Waals surface area contributed by atoms with Gasteiger partial charge in [0.1, 0.15) is 0 Å². The van der Waals surface area contributed by atoms with Gasteiger partial charge in [-0.25, -0.2) is 8.78 Å². The van der Waals surface area contributed by atoms with E-state index in [1.54, 1.807) is 6.92 Å². The number of hydrogen-bond acceptors (Lipinski definition) is 1. The van der Waals surface area contributed by atoms with Crippen LogP contribution in [0.2, 0.25) is 0 Å². The molecule has 1 saturated heterocycles. The van der Waals surface area contributed by atoms with E-state index in [0.717, 1.165) is 6.54 Å². The summed E-state index contributed by atoms with van der Waals surface area (Å²) in [6.07, 6.45) is 1.15. The molecule has 0 spiro atoms. The standard InChI is InChI=1S/C9H17F2N/c1-3-8(5-6-12-7-8)9(10,11)4-2/h12H,3-7H2,1-2H3. The van der Waals surface area contributed by atoms with Crippen molar-refractivity contribution in [1.29, 1.82) is 0 Å². The highest BCUT2D eigenvalue weighted by atomic mass is 19.3. The lowest BCUT2D eigenvalue weighted by molar-refractivity contribution is -0.117. The van der Waals surface area contributed by atoms with Crippen molar-refractivity contribution in [3.05, 3.63) is 0 Å². The second kappa shape index (κ2) is 3.29. The fourth-order valence-corrected chi connectivity index (χ4v) is 1.99. The zero-order valence-electron chi connectivity index (χ0n) is 7.79. The average molecular weight is 177 g/mol. The number of rotatable bonds is 3. The molecule has 1 rings (SSSR count). The molecule has 1 aliphatic heterocycles. The Morgan fingerprint density at radius 3 is 2.42 bits per heavy atom. The Hall–Kier alpha value is -0.180. The minimum absolute atomic E-state index is 0.0392. The fraction of sp³-hybridized carbons (Fsp3) is 1.00. The van der Waals surface area contributed by atoms with Crippen LogP contribution in [0.1, 0.15) is 33.1 Å². The van der Waals surface area contributed by atoms with E-state index in [0.29, 0.717) is 19.4 Å². The van der Waals surface area contributed by atoms with Crippen molar-refractivity contribution >= 4 is 0 Å². The Bertz CT molecular complexity index is 151.